The molecule has 1 saturated heterocycles. The van der Waals surface area contributed by atoms with Crippen molar-refractivity contribution in [3.05, 3.63) is 35.6 Å². The number of hydrogen-bond acceptors (Lipinski definition) is 2. The highest BCUT2D eigenvalue weighted by atomic mass is 19.1. The predicted molar refractivity (Wildman–Crippen MR) is 68.4 cm³/mol. The van der Waals surface area contributed by atoms with Crippen molar-refractivity contribution in [2.45, 2.75) is 18.9 Å². The quantitative estimate of drug-likeness (QED) is 0.867. The van der Waals surface area contributed by atoms with Crippen LogP contribution in [-0.2, 0) is 0 Å². The van der Waals surface area contributed by atoms with Gasteiger partial charge in [-0.1, -0.05) is 12.1 Å². The molecule has 0 aromatic heterocycles. The molecule has 1 aromatic rings. The number of halogens is 1. The maximum atomic E-state index is 13.0. The van der Waals surface area contributed by atoms with Gasteiger partial charge in [-0.2, -0.15) is 0 Å². The first-order valence-electron chi connectivity index (χ1n) is 6.32. The summed E-state index contributed by atoms with van der Waals surface area (Å²) in [6.45, 7) is 2.15. The standard InChI is InChI=1S/C14H21FN2/c1-16-10-12-4-3-9-17(2)14(12)11-5-7-13(15)8-6-11/h5-8,12,14,16H,3-4,9-10H2,1-2H3. The zero-order valence-electron chi connectivity index (χ0n) is 10.6. The van der Waals surface area contributed by atoms with Crippen molar-refractivity contribution in [2.24, 2.45) is 5.92 Å². The smallest absolute Gasteiger partial charge is 0.123 e. The van der Waals surface area contributed by atoms with E-state index >= 15 is 0 Å². The molecule has 1 aliphatic rings. The van der Waals surface area contributed by atoms with E-state index in [2.05, 4.69) is 17.3 Å². The second kappa shape index (κ2) is 5.61. The van der Waals surface area contributed by atoms with Gasteiger partial charge < -0.3 is 5.32 Å². The van der Waals surface area contributed by atoms with Crippen LogP contribution in [0.1, 0.15) is 24.4 Å². The van der Waals surface area contributed by atoms with E-state index in [1.807, 2.05) is 19.2 Å². The van der Waals surface area contributed by atoms with E-state index in [0.717, 1.165) is 13.1 Å². The van der Waals surface area contributed by atoms with Gasteiger partial charge in [0, 0.05) is 6.04 Å². The zero-order valence-corrected chi connectivity index (χ0v) is 10.6. The lowest BCUT2D eigenvalue weighted by Gasteiger charge is -2.39. The molecule has 17 heavy (non-hydrogen) atoms. The normalized spacial score (nSPS) is 26.1. The lowest BCUT2D eigenvalue weighted by Crippen LogP contribution is -2.39. The summed E-state index contributed by atoms with van der Waals surface area (Å²) in [5, 5.41) is 3.27. The van der Waals surface area contributed by atoms with Gasteiger partial charge in [-0.05, 0) is 63.6 Å². The number of nitrogens with one attached hydrogen (secondary N) is 1. The van der Waals surface area contributed by atoms with Gasteiger partial charge in [0.2, 0.25) is 0 Å². The molecule has 94 valence electrons. The third-order valence-electron chi connectivity index (χ3n) is 3.68. The lowest BCUT2D eigenvalue weighted by molar-refractivity contribution is 0.121. The van der Waals surface area contributed by atoms with E-state index in [1.165, 1.54) is 18.4 Å². The number of likely N-dealkylation sites (tertiary alicyclic amines) is 1. The van der Waals surface area contributed by atoms with E-state index in [0.29, 0.717) is 12.0 Å². The predicted octanol–water partition coefficient (Wildman–Crippen LogP) is 2.43. The van der Waals surface area contributed by atoms with Crippen molar-refractivity contribution < 1.29 is 4.39 Å². The molecule has 1 N–H and O–H groups in total. The third-order valence-corrected chi connectivity index (χ3v) is 3.68. The monoisotopic (exact) mass is 236 g/mol. The summed E-state index contributed by atoms with van der Waals surface area (Å²) < 4.78 is 13.0. The van der Waals surface area contributed by atoms with Crippen LogP contribution >= 0.6 is 0 Å². The fourth-order valence-electron chi connectivity index (χ4n) is 2.92. The topological polar surface area (TPSA) is 15.3 Å². The Kier molecular flexibility index (Phi) is 4.13. The Morgan fingerprint density at radius 3 is 2.71 bits per heavy atom. The summed E-state index contributed by atoms with van der Waals surface area (Å²) in [5.74, 6) is 0.460. The molecule has 2 unspecified atom stereocenters. The molecule has 1 aliphatic heterocycles. The first-order chi connectivity index (χ1) is 8.22. The molecule has 0 aliphatic carbocycles. The van der Waals surface area contributed by atoms with Gasteiger partial charge in [0.15, 0.2) is 0 Å². The molecule has 1 aromatic carbocycles. The van der Waals surface area contributed by atoms with Gasteiger partial charge in [0.05, 0.1) is 0 Å². The Morgan fingerprint density at radius 2 is 2.06 bits per heavy atom. The summed E-state index contributed by atoms with van der Waals surface area (Å²) >= 11 is 0. The number of piperidine rings is 1. The van der Waals surface area contributed by atoms with Crippen LogP contribution in [0.5, 0.6) is 0 Å². The zero-order chi connectivity index (χ0) is 12.3. The highest BCUT2D eigenvalue weighted by molar-refractivity contribution is 5.21. The van der Waals surface area contributed by atoms with E-state index in [1.54, 1.807) is 12.1 Å². The molecule has 1 fully saturated rings. The summed E-state index contributed by atoms with van der Waals surface area (Å²) in [6, 6.07) is 7.38. The first kappa shape index (κ1) is 12.5. The molecule has 0 bridgehead atoms. The van der Waals surface area contributed by atoms with E-state index in [-0.39, 0.29) is 5.82 Å². The summed E-state index contributed by atoms with van der Waals surface area (Å²) in [4.78, 5) is 2.39. The SMILES string of the molecule is CNCC1CCCN(C)C1c1ccc(F)cc1. The molecule has 0 radical (unpaired) electrons. The van der Waals surface area contributed by atoms with E-state index < -0.39 is 0 Å². The Hall–Kier alpha value is -0.930. The van der Waals surface area contributed by atoms with Gasteiger partial charge in [0.25, 0.3) is 0 Å². The molecule has 3 heteroatoms. The molecule has 2 nitrogen and oxygen atoms in total. The van der Waals surface area contributed by atoms with Crippen LogP contribution in [0.4, 0.5) is 4.39 Å². The van der Waals surface area contributed by atoms with Crippen LogP contribution < -0.4 is 5.32 Å². The van der Waals surface area contributed by atoms with Crippen molar-refractivity contribution in [1.29, 1.82) is 0 Å². The number of nitrogens with zero attached hydrogens (tertiary/aromatic N) is 1. The molecule has 0 saturated carbocycles. The lowest BCUT2D eigenvalue weighted by atomic mass is 9.85. The minimum atomic E-state index is -0.155. The third kappa shape index (κ3) is 2.85. The maximum Gasteiger partial charge on any atom is 0.123 e. The Morgan fingerprint density at radius 1 is 1.35 bits per heavy atom. The van der Waals surface area contributed by atoms with Crippen LogP contribution in [0.3, 0.4) is 0 Å². The van der Waals surface area contributed by atoms with Gasteiger partial charge in [-0.15, -0.1) is 0 Å². The molecule has 1 heterocycles. The van der Waals surface area contributed by atoms with Crippen molar-refractivity contribution in [3.63, 3.8) is 0 Å². The van der Waals surface area contributed by atoms with E-state index in [9.17, 15) is 4.39 Å². The van der Waals surface area contributed by atoms with Crippen LogP contribution in [-0.4, -0.2) is 32.1 Å². The van der Waals surface area contributed by atoms with Gasteiger partial charge >= 0.3 is 0 Å². The van der Waals surface area contributed by atoms with Crippen molar-refractivity contribution in [1.82, 2.24) is 10.2 Å². The summed E-state index contributed by atoms with van der Waals surface area (Å²) in [7, 11) is 4.16. The van der Waals surface area contributed by atoms with Crippen molar-refractivity contribution in [3.8, 4) is 0 Å². The largest absolute Gasteiger partial charge is 0.319 e. The van der Waals surface area contributed by atoms with Crippen LogP contribution in [0, 0.1) is 11.7 Å². The van der Waals surface area contributed by atoms with Crippen molar-refractivity contribution >= 4 is 0 Å². The number of hydrogen-bond donors (Lipinski definition) is 1. The average molecular weight is 236 g/mol. The minimum absolute atomic E-state index is 0.155. The maximum absolute atomic E-state index is 13.0. The fraction of sp³-hybridized carbons (Fsp3) is 0.571. The Balaban J connectivity index is 2.21. The fourth-order valence-corrected chi connectivity index (χ4v) is 2.92. The van der Waals surface area contributed by atoms with Gasteiger partial charge in [-0.3, -0.25) is 4.90 Å². The summed E-state index contributed by atoms with van der Waals surface area (Å²) in [6.07, 6.45) is 2.49. The Bertz CT molecular complexity index is 348. The second-order valence-electron chi connectivity index (χ2n) is 4.94. The molecular weight excluding hydrogens is 215 g/mol. The number of benzene rings is 1. The minimum Gasteiger partial charge on any atom is -0.319 e. The molecule has 0 amide bonds. The molecular formula is C14H21FN2. The van der Waals surface area contributed by atoms with Crippen LogP contribution in [0.15, 0.2) is 24.3 Å². The molecule has 2 rings (SSSR count). The summed E-state index contributed by atoms with van der Waals surface area (Å²) in [5.41, 5.74) is 1.23. The molecule has 2 atom stereocenters. The average Bonchev–Trinajstić information content (AvgIpc) is 2.32. The van der Waals surface area contributed by atoms with Gasteiger partial charge in [0.1, 0.15) is 5.82 Å². The van der Waals surface area contributed by atoms with E-state index in [4.69, 9.17) is 0 Å². The highest BCUT2D eigenvalue weighted by Crippen LogP contribution is 2.34. The van der Waals surface area contributed by atoms with Crippen molar-refractivity contribution in [2.75, 3.05) is 27.2 Å². The first-order valence-corrected chi connectivity index (χ1v) is 6.32. The highest BCUT2D eigenvalue weighted by Gasteiger charge is 2.29. The Labute approximate surface area is 103 Å². The number of rotatable bonds is 3. The molecule has 0 spiro atoms. The second-order valence-corrected chi connectivity index (χ2v) is 4.94. The van der Waals surface area contributed by atoms with Crippen LogP contribution in [0.25, 0.3) is 0 Å². The van der Waals surface area contributed by atoms with Crippen LogP contribution in [0.2, 0.25) is 0 Å². The van der Waals surface area contributed by atoms with Gasteiger partial charge in [-0.25, -0.2) is 4.39 Å².